The highest BCUT2D eigenvalue weighted by atomic mass is 16.1. The van der Waals surface area contributed by atoms with Crippen molar-refractivity contribution in [3.05, 3.63) is 29.1 Å². The first kappa shape index (κ1) is 8.89. The van der Waals surface area contributed by atoms with E-state index in [1.165, 1.54) is 6.42 Å². The Balaban J connectivity index is 2.36. The monoisotopic (exact) mass is 186 g/mol. The van der Waals surface area contributed by atoms with Gasteiger partial charge in [-0.05, 0) is 25.0 Å². The largest absolute Gasteiger partial charge is 0.296 e. The summed E-state index contributed by atoms with van der Waals surface area (Å²) in [7, 11) is 0. The van der Waals surface area contributed by atoms with Crippen molar-refractivity contribution in [3.8, 4) is 6.07 Å². The lowest BCUT2D eigenvalue weighted by atomic mass is 9.82. The second-order valence-corrected chi connectivity index (χ2v) is 3.53. The molecule has 0 amide bonds. The van der Waals surface area contributed by atoms with Crippen LogP contribution in [0.25, 0.3) is 0 Å². The summed E-state index contributed by atoms with van der Waals surface area (Å²) in [6.07, 6.45) is 4.19. The predicted octanol–water partition coefficient (Wildman–Crippen LogP) is 2.03. The Labute approximate surface area is 82.4 Å². The summed E-state index contributed by atoms with van der Waals surface area (Å²) in [4.78, 5) is 14.8. The molecule has 0 unspecified atom stereocenters. The quantitative estimate of drug-likeness (QED) is 0.664. The van der Waals surface area contributed by atoms with Crippen molar-refractivity contribution in [2.45, 2.75) is 25.2 Å². The van der Waals surface area contributed by atoms with E-state index >= 15 is 0 Å². The van der Waals surface area contributed by atoms with Gasteiger partial charge in [0.15, 0.2) is 6.29 Å². The third-order valence-corrected chi connectivity index (χ3v) is 2.70. The number of carbonyl (C=O) groups excluding carboxylic acids is 1. The van der Waals surface area contributed by atoms with Gasteiger partial charge in [0.2, 0.25) is 0 Å². The van der Waals surface area contributed by atoms with Gasteiger partial charge in [-0.2, -0.15) is 5.26 Å². The molecule has 2 rings (SSSR count). The summed E-state index contributed by atoms with van der Waals surface area (Å²) >= 11 is 0. The maximum absolute atomic E-state index is 10.7. The minimum Gasteiger partial charge on any atom is -0.296 e. The third-order valence-electron chi connectivity index (χ3n) is 2.70. The third kappa shape index (κ3) is 1.39. The first-order valence-electron chi connectivity index (χ1n) is 4.71. The second kappa shape index (κ2) is 3.59. The Morgan fingerprint density at radius 3 is 2.79 bits per heavy atom. The van der Waals surface area contributed by atoms with E-state index in [4.69, 9.17) is 5.26 Å². The van der Waals surface area contributed by atoms with Crippen molar-refractivity contribution in [3.63, 3.8) is 0 Å². The highest BCUT2D eigenvalue weighted by Gasteiger charge is 2.21. The average molecular weight is 186 g/mol. The number of aldehydes is 1. The van der Waals surface area contributed by atoms with Crippen LogP contribution in [0.15, 0.2) is 12.1 Å². The van der Waals surface area contributed by atoms with Gasteiger partial charge in [-0.3, -0.25) is 4.79 Å². The van der Waals surface area contributed by atoms with Crippen molar-refractivity contribution < 1.29 is 4.79 Å². The molecular formula is C11H10N2O. The number of rotatable bonds is 2. The van der Waals surface area contributed by atoms with Crippen LogP contribution in [0.4, 0.5) is 0 Å². The SMILES string of the molecule is N#Cc1ccc(C2CCC2)nc1C=O. The van der Waals surface area contributed by atoms with E-state index in [2.05, 4.69) is 4.98 Å². The summed E-state index contributed by atoms with van der Waals surface area (Å²) in [5.74, 6) is 0.501. The van der Waals surface area contributed by atoms with Gasteiger partial charge in [-0.25, -0.2) is 4.98 Å². The van der Waals surface area contributed by atoms with Crippen molar-refractivity contribution in [1.82, 2.24) is 4.98 Å². The number of nitrogens with zero attached hydrogens (tertiary/aromatic N) is 2. The molecule has 1 aliphatic rings. The molecule has 0 spiro atoms. The molecule has 1 aliphatic carbocycles. The molecule has 1 heterocycles. The second-order valence-electron chi connectivity index (χ2n) is 3.53. The molecule has 1 saturated carbocycles. The van der Waals surface area contributed by atoms with Crippen LogP contribution in [-0.4, -0.2) is 11.3 Å². The number of carbonyl (C=O) groups is 1. The Morgan fingerprint density at radius 1 is 1.50 bits per heavy atom. The van der Waals surface area contributed by atoms with Crippen LogP contribution < -0.4 is 0 Å². The highest BCUT2D eigenvalue weighted by Crippen LogP contribution is 2.35. The van der Waals surface area contributed by atoms with Crippen LogP contribution in [0.1, 0.15) is 46.9 Å². The van der Waals surface area contributed by atoms with E-state index in [-0.39, 0.29) is 5.69 Å². The molecule has 3 nitrogen and oxygen atoms in total. The molecule has 14 heavy (non-hydrogen) atoms. The van der Waals surface area contributed by atoms with E-state index in [1.807, 2.05) is 12.1 Å². The Kier molecular flexibility index (Phi) is 2.28. The molecule has 0 N–H and O–H groups in total. The van der Waals surface area contributed by atoms with Crippen molar-refractivity contribution in [2.75, 3.05) is 0 Å². The molecule has 0 radical (unpaired) electrons. The van der Waals surface area contributed by atoms with E-state index in [0.29, 0.717) is 17.8 Å². The van der Waals surface area contributed by atoms with E-state index in [1.54, 1.807) is 6.07 Å². The van der Waals surface area contributed by atoms with Gasteiger partial charge < -0.3 is 0 Å². The van der Waals surface area contributed by atoms with Crippen LogP contribution >= 0.6 is 0 Å². The summed E-state index contributed by atoms with van der Waals surface area (Å²) in [5, 5.41) is 8.70. The molecular weight excluding hydrogens is 176 g/mol. The summed E-state index contributed by atoms with van der Waals surface area (Å²) < 4.78 is 0. The van der Waals surface area contributed by atoms with Gasteiger partial charge in [0.1, 0.15) is 11.8 Å². The lowest BCUT2D eigenvalue weighted by Gasteiger charge is -2.24. The Bertz CT molecular complexity index is 402. The standard InChI is InChI=1S/C11H10N2O/c12-6-9-4-5-10(8-2-1-3-8)13-11(9)7-14/h4-5,7-8H,1-3H2. The van der Waals surface area contributed by atoms with Crippen molar-refractivity contribution in [1.29, 1.82) is 5.26 Å². The average Bonchev–Trinajstić information content (AvgIpc) is 2.15. The molecule has 0 bridgehead atoms. The number of pyridine rings is 1. The van der Waals surface area contributed by atoms with Gasteiger partial charge in [-0.1, -0.05) is 6.42 Å². The van der Waals surface area contributed by atoms with E-state index < -0.39 is 0 Å². The molecule has 70 valence electrons. The number of hydrogen-bond donors (Lipinski definition) is 0. The number of nitriles is 1. The summed E-state index contributed by atoms with van der Waals surface area (Å²) in [5.41, 5.74) is 1.59. The van der Waals surface area contributed by atoms with E-state index in [9.17, 15) is 4.79 Å². The topological polar surface area (TPSA) is 53.8 Å². The lowest BCUT2D eigenvalue weighted by molar-refractivity contribution is 0.111. The summed E-state index contributed by atoms with van der Waals surface area (Å²) in [6.45, 7) is 0. The van der Waals surface area contributed by atoms with Gasteiger partial charge >= 0.3 is 0 Å². The fourth-order valence-electron chi connectivity index (χ4n) is 1.61. The Morgan fingerprint density at radius 2 is 2.29 bits per heavy atom. The van der Waals surface area contributed by atoms with Crippen LogP contribution in [0, 0.1) is 11.3 Å². The molecule has 0 atom stereocenters. The molecule has 0 saturated heterocycles. The summed E-state index contributed by atoms with van der Waals surface area (Å²) in [6, 6.07) is 5.50. The molecule has 1 aromatic rings. The van der Waals surface area contributed by atoms with Crippen LogP contribution in [-0.2, 0) is 0 Å². The van der Waals surface area contributed by atoms with E-state index in [0.717, 1.165) is 18.5 Å². The Hall–Kier alpha value is -1.69. The van der Waals surface area contributed by atoms with Gasteiger partial charge in [0.25, 0.3) is 0 Å². The predicted molar refractivity (Wildman–Crippen MR) is 50.9 cm³/mol. The van der Waals surface area contributed by atoms with Crippen LogP contribution in [0.2, 0.25) is 0 Å². The molecule has 3 heteroatoms. The number of aromatic nitrogens is 1. The van der Waals surface area contributed by atoms with Crippen molar-refractivity contribution >= 4 is 6.29 Å². The molecule has 1 aromatic heterocycles. The normalized spacial score (nSPS) is 15.6. The molecule has 1 fully saturated rings. The molecule has 0 aliphatic heterocycles. The minimum absolute atomic E-state index is 0.275. The van der Waals surface area contributed by atoms with Crippen LogP contribution in [0.3, 0.4) is 0 Å². The zero-order chi connectivity index (χ0) is 9.97. The first-order valence-corrected chi connectivity index (χ1v) is 4.71. The fourth-order valence-corrected chi connectivity index (χ4v) is 1.61. The fraction of sp³-hybridized carbons (Fsp3) is 0.364. The van der Waals surface area contributed by atoms with Crippen molar-refractivity contribution in [2.24, 2.45) is 0 Å². The number of hydrogen-bond acceptors (Lipinski definition) is 3. The lowest BCUT2D eigenvalue weighted by Crippen LogP contribution is -2.11. The first-order chi connectivity index (χ1) is 6.85. The smallest absolute Gasteiger partial charge is 0.169 e. The zero-order valence-electron chi connectivity index (χ0n) is 7.73. The van der Waals surface area contributed by atoms with Crippen LogP contribution in [0.5, 0.6) is 0 Å². The minimum atomic E-state index is 0.275. The highest BCUT2D eigenvalue weighted by molar-refractivity contribution is 5.76. The molecule has 0 aromatic carbocycles. The van der Waals surface area contributed by atoms with Gasteiger partial charge in [0.05, 0.1) is 5.56 Å². The zero-order valence-corrected chi connectivity index (χ0v) is 7.73. The maximum Gasteiger partial charge on any atom is 0.169 e. The van der Waals surface area contributed by atoms with Gasteiger partial charge in [0, 0.05) is 11.6 Å². The maximum atomic E-state index is 10.7. The van der Waals surface area contributed by atoms with Gasteiger partial charge in [-0.15, -0.1) is 0 Å².